The highest BCUT2D eigenvalue weighted by atomic mass is 32.2. The molecule has 0 amide bonds. The molecule has 3 aromatic heterocycles. The van der Waals surface area contributed by atoms with Crippen molar-refractivity contribution in [1.29, 1.82) is 0 Å². The van der Waals surface area contributed by atoms with E-state index in [-0.39, 0.29) is 0 Å². The average molecular weight is 871 g/mol. The minimum absolute atomic E-state index is 0.991. The van der Waals surface area contributed by atoms with Crippen molar-refractivity contribution in [2.45, 2.75) is 50.8 Å². The number of alkyl halides is 6. The van der Waals surface area contributed by atoms with Gasteiger partial charge in [0.1, 0.15) is 0 Å². The maximum Gasteiger partial charge on any atom is 0.485 e. The number of halogens is 6. The zero-order chi connectivity index (χ0) is 42.7. The molecule has 0 aliphatic carbocycles. The average Bonchev–Trinajstić information content (AvgIpc) is 3.56. The number of hydrogen-bond donors (Lipinski definition) is 0. The zero-order valence-corrected chi connectivity index (χ0v) is 33.5. The highest BCUT2D eigenvalue weighted by Crippen LogP contribution is 2.45. The van der Waals surface area contributed by atoms with Crippen molar-refractivity contribution >= 4 is 74.7 Å². The van der Waals surface area contributed by atoms with Crippen LogP contribution in [0.2, 0.25) is 0 Å². The second kappa shape index (κ2) is 15.4. The van der Waals surface area contributed by atoms with Crippen LogP contribution in [0.1, 0.15) is 33.5 Å². The van der Waals surface area contributed by atoms with Crippen LogP contribution >= 0.6 is 11.3 Å². The number of thiophene rings is 1. The molecule has 5 heterocycles. The normalized spacial score (nSPS) is 13.9. The minimum atomic E-state index is -6.09. The predicted molar refractivity (Wildman–Crippen MR) is 212 cm³/mol. The number of fused-ring (bicyclic) bond motifs is 12. The smallest absolute Gasteiger partial charge is 0.485 e. The van der Waals surface area contributed by atoms with Crippen LogP contribution in [-0.4, -0.2) is 37.0 Å². The molecule has 0 bridgehead atoms. The van der Waals surface area contributed by atoms with Crippen molar-refractivity contribution in [3.05, 3.63) is 131 Å². The summed E-state index contributed by atoms with van der Waals surface area (Å²) >= 11 is 1.90. The number of rotatable bonds is 2. The third kappa shape index (κ3) is 7.96. The van der Waals surface area contributed by atoms with E-state index in [1.807, 2.05) is 11.3 Å². The molecule has 0 atom stereocenters. The van der Waals surface area contributed by atoms with E-state index in [0.29, 0.717) is 0 Å². The number of hydrogen-bond acceptors (Lipinski definition) is 7. The molecule has 0 saturated heterocycles. The molecule has 0 saturated carbocycles. The van der Waals surface area contributed by atoms with Crippen LogP contribution in [0.15, 0.2) is 97.2 Å². The summed E-state index contributed by atoms with van der Waals surface area (Å²) in [5.41, 5.74) is 2.87. The van der Waals surface area contributed by atoms with Gasteiger partial charge in [0.05, 0.1) is 16.5 Å². The van der Waals surface area contributed by atoms with Gasteiger partial charge in [0.15, 0.2) is 39.5 Å². The summed E-state index contributed by atoms with van der Waals surface area (Å²) in [7, 11) is -12.2. The number of aromatic nitrogens is 2. The van der Waals surface area contributed by atoms with Crippen molar-refractivity contribution in [1.82, 2.24) is 0 Å². The van der Waals surface area contributed by atoms with E-state index in [1.54, 1.807) is 0 Å². The second-order valence-corrected chi connectivity index (χ2v) is 17.6. The van der Waals surface area contributed by atoms with Crippen molar-refractivity contribution in [3.63, 3.8) is 0 Å². The fourth-order valence-electron chi connectivity index (χ4n) is 7.72. The van der Waals surface area contributed by atoms with E-state index in [0.717, 1.165) is 25.9 Å². The highest BCUT2D eigenvalue weighted by molar-refractivity contribution is 7.86. The lowest BCUT2D eigenvalue weighted by atomic mass is 9.79. The van der Waals surface area contributed by atoms with Gasteiger partial charge in [-0.05, 0) is 71.3 Å². The lowest BCUT2D eigenvalue weighted by Gasteiger charge is -2.27. The molecule has 17 heteroatoms. The number of pyridine rings is 2. The van der Waals surface area contributed by atoms with Gasteiger partial charge in [-0.3, -0.25) is 0 Å². The molecular formula is C42H32F6N2O6S3. The first kappa shape index (κ1) is 41.9. The van der Waals surface area contributed by atoms with E-state index in [1.165, 1.54) is 87.0 Å². The van der Waals surface area contributed by atoms with Crippen LogP contribution in [-0.2, 0) is 46.2 Å². The Balaban J connectivity index is 0.000000281. The fraction of sp³-hybridized carbons (Fsp3) is 0.190. The first-order valence-electron chi connectivity index (χ1n) is 17.9. The standard InChI is InChI=1S/C40H32N2S.2CHF3O3S/c1-25-26(2)31-20-23-41-22-19-27-9-3-4-12-32(27)39(41)38(31)37-30(25)21-24-42-29(11-8-15-35(37)42)18-17-28-10-7-14-34-33-13-5-6-16-36(33)43-40(28)34;2*2-1(3,4)8(5,6)7/h3-19,22H,20-21,23-24H2,1-2H3;2*(H,5,6,7)/q+2;;/p-2. The van der Waals surface area contributed by atoms with Crippen LogP contribution in [0.3, 0.4) is 0 Å². The fourth-order valence-corrected chi connectivity index (χ4v) is 8.92. The molecule has 9 rings (SSSR count). The summed E-state index contributed by atoms with van der Waals surface area (Å²) in [4.78, 5) is 0. The topological polar surface area (TPSA) is 122 Å². The van der Waals surface area contributed by atoms with Gasteiger partial charge >= 0.3 is 11.0 Å². The van der Waals surface area contributed by atoms with E-state index in [2.05, 4.69) is 132 Å². The van der Waals surface area contributed by atoms with Gasteiger partial charge in [0, 0.05) is 57.3 Å². The van der Waals surface area contributed by atoms with Gasteiger partial charge in [-0.2, -0.15) is 35.5 Å². The number of aryl methyl sites for hydroxylation is 1. The Hall–Kier alpha value is -5.20. The van der Waals surface area contributed by atoms with Crippen LogP contribution in [0.25, 0.3) is 65.6 Å². The first-order chi connectivity index (χ1) is 27.7. The molecule has 0 unspecified atom stereocenters. The Labute approximate surface area is 338 Å². The maximum atomic E-state index is 10.7. The van der Waals surface area contributed by atoms with E-state index >= 15 is 0 Å². The summed E-state index contributed by atoms with van der Waals surface area (Å²) in [6.07, 6.45) is 9.08. The Morgan fingerprint density at radius 1 is 0.644 bits per heavy atom. The van der Waals surface area contributed by atoms with Crippen LogP contribution in [0.4, 0.5) is 26.3 Å². The molecule has 59 heavy (non-hydrogen) atoms. The van der Waals surface area contributed by atoms with Gasteiger partial charge in [-0.1, -0.05) is 54.6 Å². The molecule has 0 spiro atoms. The van der Waals surface area contributed by atoms with Gasteiger partial charge in [-0.25, -0.2) is 16.8 Å². The van der Waals surface area contributed by atoms with Gasteiger partial charge < -0.3 is 9.11 Å². The molecule has 0 N–H and O–H groups in total. The van der Waals surface area contributed by atoms with Gasteiger partial charge in [0.25, 0.3) is 0 Å². The third-order valence-corrected chi connectivity index (χ3v) is 12.9. The summed E-state index contributed by atoms with van der Waals surface area (Å²) in [6.45, 7) is 6.72. The summed E-state index contributed by atoms with van der Waals surface area (Å²) in [6, 6.07) is 33.5. The summed E-state index contributed by atoms with van der Waals surface area (Å²) in [5, 5.41) is 5.35. The lowest BCUT2D eigenvalue weighted by molar-refractivity contribution is -0.690. The Morgan fingerprint density at radius 3 is 1.86 bits per heavy atom. The van der Waals surface area contributed by atoms with Gasteiger partial charge in [-0.15, -0.1) is 11.3 Å². The number of nitrogens with zero attached hydrogens (tertiary/aromatic N) is 2. The first-order valence-corrected chi connectivity index (χ1v) is 21.5. The molecule has 2 aliphatic heterocycles. The van der Waals surface area contributed by atoms with Crippen LogP contribution in [0, 0.1) is 13.8 Å². The molecule has 0 radical (unpaired) electrons. The van der Waals surface area contributed by atoms with Crippen LogP contribution in [0.5, 0.6) is 0 Å². The SMILES string of the molecule is Cc1c(C)c2c(c3c1CC[n+]1ccc4ccccc4c1-3)-c1cccc(C=Cc3cccc4c3sc3ccccc34)[n+]1CC2.O=S(=O)([O-])C(F)(F)F.O=S(=O)([O-])C(F)(F)F. The van der Waals surface area contributed by atoms with Crippen molar-refractivity contribution in [3.8, 4) is 22.5 Å². The third-order valence-electron chi connectivity index (χ3n) is 10.5. The van der Waals surface area contributed by atoms with Gasteiger partial charge in [0.2, 0.25) is 17.1 Å². The van der Waals surface area contributed by atoms with E-state index in [9.17, 15) is 26.3 Å². The molecule has 4 aromatic carbocycles. The Kier molecular flexibility index (Phi) is 11.0. The Bertz CT molecular complexity index is 3030. The molecular weight excluding hydrogens is 839 g/mol. The summed E-state index contributed by atoms with van der Waals surface area (Å²) < 4.78 is 126. The molecule has 7 aromatic rings. The van der Waals surface area contributed by atoms with Crippen molar-refractivity contribution < 1.29 is 61.4 Å². The Morgan fingerprint density at radius 2 is 1.20 bits per heavy atom. The largest absolute Gasteiger partial charge is 0.741 e. The maximum absolute atomic E-state index is 10.7. The second-order valence-electron chi connectivity index (χ2n) is 13.8. The van der Waals surface area contributed by atoms with Crippen LogP contribution < -0.4 is 9.13 Å². The molecule has 8 nitrogen and oxygen atoms in total. The molecule has 2 aliphatic rings. The highest BCUT2D eigenvalue weighted by Gasteiger charge is 2.39. The van der Waals surface area contributed by atoms with Crippen molar-refractivity contribution in [2.24, 2.45) is 0 Å². The minimum Gasteiger partial charge on any atom is -0.741 e. The summed E-state index contributed by atoms with van der Waals surface area (Å²) in [5.74, 6) is 0. The monoisotopic (exact) mass is 870 g/mol. The van der Waals surface area contributed by atoms with E-state index < -0.39 is 31.3 Å². The zero-order valence-electron chi connectivity index (χ0n) is 31.1. The van der Waals surface area contributed by atoms with Crippen molar-refractivity contribution in [2.75, 3.05) is 0 Å². The van der Waals surface area contributed by atoms with E-state index in [4.69, 9.17) is 25.9 Å². The number of benzene rings is 4. The molecule has 0 fully saturated rings. The predicted octanol–water partition coefficient (Wildman–Crippen LogP) is 9.12. The quantitative estimate of drug-likeness (QED) is 0.0740. The molecule has 306 valence electrons. The lowest BCUT2D eigenvalue weighted by Crippen LogP contribution is -2.45.